The number of rotatable bonds is 2. The SMILES string of the molecule is CNC(=O)CC1C[C@@H](O)[C@@H](O)C1. The van der Waals surface area contributed by atoms with Crippen LogP contribution in [0.1, 0.15) is 19.3 Å². The van der Waals surface area contributed by atoms with Crippen molar-refractivity contribution in [2.24, 2.45) is 5.92 Å². The van der Waals surface area contributed by atoms with Gasteiger partial charge in [-0.05, 0) is 18.8 Å². The summed E-state index contributed by atoms with van der Waals surface area (Å²) in [7, 11) is 1.59. The van der Waals surface area contributed by atoms with E-state index in [-0.39, 0.29) is 11.8 Å². The molecule has 3 atom stereocenters. The number of carbonyl (C=O) groups is 1. The Labute approximate surface area is 71.6 Å². The molecule has 0 aromatic rings. The highest BCUT2D eigenvalue weighted by Crippen LogP contribution is 2.28. The zero-order valence-corrected chi connectivity index (χ0v) is 7.16. The van der Waals surface area contributed by atoms with E-state index in [2.05, 4.69) is 5.32 Å². The summed E-state index contributed by atoms with van der Waals surface area (Å²) in [4.78, 5) is 10.9. The molecular weight excluding hydrogens is 158 g/mol. The molecule has 12 heavy (non-hydrogen) atoms. The second kappa shape index (κ2) is 3.87. The molecule has 0 aromatic carbocycles. The molecule has 1 unspecified atom stereocenters. The Balaban J connectivity index is 2.32. The predicted octanol–water partition coefficient (Wildman–Crippen LogP) is -0.746. The van der Waals surface area contributed by atoms with Gasteiger partial charge in [0.15, 0.2) is 0 Å². The molecule has 0 heterocycles. The van der Waals surface area contributed by atoms with Crippen LogP contribution >= 0.6 is 0 Å². The maximum atomic E-state index is 10.9. The lowest BCUT2D eigenvalue weighted by molar-refractivity contribution is -0.121. The molecule has 1 saturated carbocycles. The van der Waals surface area contributed by atoms with Crippen LogP contribution in [0.4, 0.5) is 0 Å². The third-order valence-corrected chi connectivity index (χ3v) is 2.35. The van der Waals surface area contributed by atoms with Crippen LogP contribution < -0.4 is 5.32 Å². The van der Waals surface area contributed by atoms with Crippen molar-refractivity contribution in [2.75, 3.05) is 7.05 Å². The first-order chi connectivity index (χ1) is 5.63. The van der Waals surface area contributed by atoms with Crippen molar-refractivity contribution >= 4 is 5.91 Å². The molecular formula is C8H15NO3. The monoisotopic (exact) mass is 173 g/mol. The number of amides is 1. The van der Waals surface area contributed by atoms with E-state index in [1.807, 2.05) is 0 Å². The van der Waals surface area contributed by atoms with Crippen LogP contribution in [0.3, 0.4) is 0 Å². The molecule has 0 aromatic heterocycles. The fraction of sp³-hybridized carbons (Fsp3) is 0.875. The third kappa shape index (κ3) is 2.19. The Morgan fingerprint density at radius 1 is 1.42 bits per heavy atom. The van der Waals surface area contributed by atoms with Gasteiger partial charge in [-0.25, -0.2) is 0 Å². The average molecular weight is 173 g/mol. The van der Waals surface area contributed by atoms with Gasteiger partial charge in [-0.2, -0.15) is 0 Å². The van der Waals surface area contributed by atoms with Crippen molar-refractivity contribution in [2.45, 2.75) is 31.5 Å². The Morgan fingerprint density at radius 3 is 2.33 bits per heavy atom. The van der Waals surface area contributed by atoms with Crippen molar-refractivity contribution in [1.82, 2.24) is 5.32 Å². The summed E-state index contributed by atoms with van der Waals surface area (Å²) < 4.78 is 0. The molecule has 0 saturated heterocycles. The molecule has 0 spiro atoms. The summed E-state index contributed by atoms with van der Waals surface area (Å²) in [6.07, 6.45) is 0.202. The van der Waals surface area contributed by atoms with Crippen LogP contribution in [0.25, 0.3) is 0 Å². The third-order valence-electron chi connectivity index (χ3n) is 2.35. The molecule has 3 N–H and O–H groups in total. The molecule has 1 rings (SSSR count). The quantitative estimate of drug-likeness (QED) is 0.515. The van der Waals surface area contributed by atoms with E-state index in [0.717, 1.165) is 0 Å². The normalized spacial score (nSPS) is 35.1. The largest absolute Gasteiger partial charge is 0.390 e. The molecule has 1 aliphatic rings. The molecule has 1 aliphatic carbocycles. The minimum absolute atomic E-state index is 0.0266. The van der Waals surface area contributed by atoms with Gasteiger partial charge in [0.1, 0.15) is 0 Å². The van der Waals surface area contributed by atoms with Crippen LogP contribution in [-0.2, 0) is 4.79 Å². The van der Waals surface area contributed by atoms with Crippen molar-refractivity contribution in [3.63, 3.8) is 0 Å². The van der Waals surface area contributed by atoms with E-state index < -0.39 is 12.2 Å². The van der Waals surface area contributed by atoms with E-state index in [1.54, 1.807) is 7.05 Å². The van der Waals surface area contributed by atoms with Crippen molar-refractivity contribution in [3.05, 3.63) is 0 Å². The van der Waals surface area contributed by atoms with Crippen LogP contribution in [0.2, 0.25) is 0 Å². The van der Waals surface area contributed by atoms with Gasteiger partial charge in [-0.1, -0.05) is 0 Å². The van der Waals surface area contributed by atoms with Crippen LogP contribution in [0.5, 0.6) is 0 Å². The van der Waals surface area contributed by atoms with Gasteiger partial charge in [0.2, 0.25) is 5.91 Å². The molecule has 0 bridgehead atoms. The Hall–Kier alpha value is -0.610. The molecule has 0 radical (unpaired) electrons. The summed E-state index contributed by atoms with van der Waals surface area (Å²) in [5.41, 5.74) is 0. The van der Waals surface area contributed by atoms with E-state index in [0.29, 0.717) is 19.3 Å². The number of aliphatic hydroxyl groups is 2. The molecule has 4 nitrogen and oxygen atoms in total. The number of carbonyl (C=O) groups excluding carboxylic acids is 1. The minimum atomic E-state index is -0.639. The Morgan fingerprint density at radius 2 is 1.92 bits per heavy atom. The number of hydrogen-bond donors (Lipinski definition) is 3. The van der Waals surface area contributed by atoms with Gasteiger partial charge in [0.25, 0.3) is 0 Å². The lowest BCUT2D eigenvalue weighted by atomic mass is 10.0. The zero-order valence-electron chi connectivity index (χ0n) is 7.16. The first kappa shape index (κ1) is 9.48. The van der Waals surface area contributed by atoms with Crippen LogP contribution in [0, 0.1) is 5.92 Å². The van der Waals surface area contributed by atoms with Crippen molar-refractivity contribution in [1.29, 1.82) is 0 Å². The first-order valence-electron chi connectivity index (χ1n) is 4.20. The summed E-state index contributed by atoms with van der Waals surface area (Å²) in [6.45, 7) is 0. The van der Waals surface area contributed by atoms with Gasteiger partial charge in [0.05, 0.1) is 12.2 Å². The standard InChI is InChI=1S/C8H15NO3/c1-9-8(12)4-5-2-6(10)7(11)3-5/h5-7,10-11H,2-4H2,1H3,(H,9,12)/t5?,6-,7+. The van der Waals surface area contributed by atoms with E-state index in [4.69, 9.17) is 0 Å². The highest BCUT2D eigenvalue weighted by molar-refractivity contribution is 5.75. The lowest BCUT2D eigenvalue weighted by Gasteiger charge is -2.06. The van der Waals surface area contributed by atoms with Gasteiger partial charge >= 0.3 is 0 Å². The second-order valence-electron chi connectivity index (χ2n) is 3.35. The number of hydrogen-bond acceptors (Lipinski definition) is 3. The maximum absolute atomic E-state index is 10.9. The van der Waals surface area contributed by atoms with Gasteiger partial charge in [0, 0.05) is 13.5 Å². The highest BCUT2D eigenvalue weighted by atomic mass is 16.3. The van der Waals surface area contributed by atoms with E-state index in [1.165, 1.54) is 0 Å². The molecule has 70 valence electrons. The van der Waals surface area contributed by atoms with Crippen LogP contribution in [-0.4, -0.2) is 35.4 Å². The number of aliphatic hydroxyl groups excluding tert-OH is 2. The average Bonchev–Trinajstić information content (AvgIpc) is 2.31. The lowest BCUT2D eigenvalue weighted by Crippen LogP contribution is -2.20. The fourth-order valence-corrected chi connectivity index (χ4v) is 1.62. The Kier molecular flexibility index (Phi) is 3.05. The number of nitrogens with one attached hydrogen (secondary N) is 1. The van der Waals surface area contributed by atoms with Crippen molar-refractivity contribution in [3.8, 4) is 0 Å². The predicted molar refractivity (Wildman–Crippen MR) is 43.4 cm³/mol. The van der Waals surface area contributed by atoms with Gasteiger partial charge in [-0.3, -0.25) is 4.79 Å². The molecule has 0 aliphatic heterocycles. The minimum Gasteiger partial charge on any atom is -0.390 e. The Bertz CT molecular complexity index is 162. The van der Waals surface area contributed by atoms with Gasteiger partial charge < -0.3 is 15.5 Å². The summed E-state index contributed by atoms with van der Waals surface area (Å²) in [6, 6.07) is 0. The topological polar surface area (TPSA) is 69.6 Å². The molecule has 1 fully saturated rings. The zero-order chi connectivity index (χ0) is 9.14. The summed E-state index contributed by atoms with van der Waals surface area (Å²) in [5, 5.41) is 20.9. The smallest absolute Gasteiger partial charge is 0.220 e. The second-order valence-corrected chi connectivity index (χ2v) is 3.35. The fourth-order valence-electron chi connectivity index (χ4n) is 1.62. The van der Waals surface area contributed by atoms with E-state index in [9.17, 15) is 15.0 Å². The van der Waals surface area contributed by atoms with Crippen LogP contribution in [0.15, 0.2) is 0 Å². The van der Waals surface area contributed by atoms with E-state index >= 15 is 0 Å². The maximum Gasteiger partial charge on any atom is 0.220 e. The van der Waals surface area contributed by atoms with Gasteiger partial charge in [-0.15, -0.1) is 0 Å². The molecule has 4 heteroatoms. The highest BCUT2D eigenvalue weighted by Gasteiger charge is 2.32. The molecule has 1 amide bonds. The first-order valence-corrected chi connectivity index (χ1v) is 4.20. The summed E-state index contributed by atoms with van der Waals surface area (Å²) in [5.74, 6) is 0.108. The summed E-state index contributed by atoms with van der Waals surface area (Å²) >= 11 is 0. The van der Waals surface area contributed by atoms with Crippen molar-refractivity contribution < 1.29 is 15.0 Å².